The van der Waals surface area contributed by atoms with Crippen LogP contribution in [0.3, 0.4) is 0 Å². The fourth-order valence-corrected chi connectivity index (χ4v) is 3.55. The molecule has 0 aromatic heterocycles. The Kier molecular flexibility index (Phi) is 5.94. The number of hydrogen-bond donors (Lipinski definition) is 2. The van der Waals surface area contributed by atoms with E-state index in [-0.39, 0.29) is 12.3 Å². The lowest BCUT2D eigenvalue weighted by Gasteiger charge is -2.39. The topological polar surface area (TPSA) is 69.6 Å². The Labute approximate surface area is 141 Å². The third-order valence-corrected chi connectivity index (χ3v) is 4.62. The van der Waals surface area contributed by atoms with Gasteiger partial charge < -0.3 is 10.4 Å². The van der Waals surface area contributed by atoms with E-state index in [2.05, 4.69) is 5.32 Å². The van der Waals surface area contributed by atoms with Crippen molar-refractivity contribution in [2.24, 2.45) is 0 Å². The van der Waals surface area contributed by atoms with E-state index in [1.54, 1.807) is 31.1 Å². The molecule has 1 unspecified atom stereocenters. The smallest absolute Gasteiger partial charge is 0.305 e. The number of likely N-dealkylation sites (N-methyl/N-ethyl adjacent to an activating group) is 1. The van der Waals surface area contributed by atoms with Gasteiger partial charge in [-0.3, -0.25) is 14.5 Å². The van der Waals surface area contributed by atoms with Gasteiger partial charge >= 0.3 is 5.97 Å². The summed E-state index contributed by atoms with van der Waals surface area (Å²) in [5, 5.41) is 12.2. The number of halogens is 1. The SMILES string of the molecule is CN(C)C(C(=O)NC1(CC(=O)O)CCCCC1)c1cccc(F)c1. The molecule has 1 fully saturated rings. The summed E-state index contributed by atoms with van der Waals surface area (Å²) in [6, 6.07) is 5.30. The fraction of sp³-hybridized carbons (Fsp3) is 0.556. The number of aliphatic carboxylic acids is 1. The van der Waals surface area contributed by atoms with Gasteiger partial charge in [0.1, 0.15) is 11.9 Å². The molecule has 1 saturated carbocycles. The molecule has 0 saturated heterocycles. The average Bonchev–Trinajstić information content (AvgIpc) is 2.46. The predicted molar refractivity (Wildman–Crippen MR) is 89.0 cm³/mol. The van der Waals surface area contributed by atoms with E-state index >= 15 is 0 Å². The molecular formula is C18H25FN2O3. The van der Waals surface area contributed by atoms with Crippen LogP contribution < -0.4 is 5.32 Å². The summed E-state index contributed by atoms with van der Waals surface area (Å²) in [7, 11) is 3.50. The normalized spacial score (nSPS) is 18.2. The molecule has 0 aliphatic heterocycles. The summed E-state index contributed by atoms with van der Waals surface area (Å²) in [6.07, 6.45) is 4.10. The summed E-state index contributed by atoms with van der Waals surface area (Å²) in [6.45, 7) is 0. The second-order valence-corrected chi connectivity index (χ2v) is 6.82. The molecule has 0 spiro atoms. The van der Waals surface area contributed by atoms with Crippen LogP contribution in [0.5, 0.6) is 0 Å². The van der Waals surface area contributed by atoms with Crippen LogP contribution in [-0.2, 0) is 9.59 Å². The molecule has 6 heteroatoms. The molecular weight excluding hydrogens is 311 g/mol. The molecule has 0 radical (unpaired) electrons. The third kappa shape index (κ3) is 4.54. The van der Waals surface area contributed by atoms with Crippen molar-refractivity contribution in [3.63, 3.8) is 0 Å². The highest BCUT2D eigenvalue weighted by Crippen LogP contribution is 2.32. The molecule has 0 heterocycles. The minimum atomic E-state index is -0.913. The minimum absolute atomic E-state index is 0.0813. The Morgan fingerprint density at radius 2 is 1.96 bits per heavy atom. The number of nitrogens with one attached hydrogen (secondary N) is 1. The van der Waals surface area contributed by atoms with E-state index in [0.29, 0.717) is 18.4 Å². The number of rotatable bonds is 6. The van der Waals surface area contributed by atoms with Gasteiger partial charge in [0.05, 0.1) is 12.0 Å². The van der Waals surface area contributed by atoms with Gasteiger partial charge in [0.15, 0.2) is 0 Å². The van der Waals surface area contributed by atoms with Crippen molar-refractivity contribution < 1.29 is 19.1 Å². The highest BCUT2D eigenvalue weighted by atomic mass is 19.1. The zero-order chi connectivity index (χ0) is 17.7. The number of benzene rings is 1. The monoisotopic (exact) mass is 336 g/mol. The van der Waals surface area contributed by atoms with Crippen molar-refractivity contribution in [2.75, 3.05) is 14.1 Å². The number of carboxylic acid groups (broad SMARTS) is 1. The molecule has 0 bridgehead atoms. The molecule has 1 atom stereocenters. The molecule has 1 amide bonds. The Morgan fingerprint density at radius 1 is 1.29 bits per heavy atom. The van der Waals surface area contributed by atoms with Crippen LogP contribution in [0.2, 0.25) is 0 Å². The molecule has 5 nitrogen and oxygen atoms in total. The predicted octanol–water partition coefficient (Wildman–Crippen LogP) is 2.72. The van der Waals surface area contributed by atoms with Gasteiger partial charge in [-0.05, 0) is 44.6 Å². The number of carboxylic acids is 1. The van der Waals surface area contributed by atoms with Crippen LogP contribution >= 0.6 is 0 Å². The first kappa shape index (κ1) is 18.4. The van der Waals surface area contributed by atoms with Gasteiger partial charge in [0, 0.05) is 0 Å². The second-order valence-electron chi connectivity index (χ2n) is 6.82. The molecule has 2 N–H and O–H groups in total. The summed E-state index contributed by atoms with van der Waals surface area (Å²) in [5.74, 6) is -1.59. The van der Waals surface area contributed by atoms with Crippen LogP contribution in [0.1, 0.15) is 50.1 Å². The summed E-state index contributed by atoms with van der Waals surface area (Å²) >= 11 is 0. The fourth-order valence-electron chi connectivity index (χ4n) is 3.55. The molecule has 1 aliphatic carbocycles. The standard InChI is InChI=1S/C18H25FN2O3/c1-21(2)16(13-7-6-8-14(19)11-13)17(24)20-18(12-15(22)23)9-4-3-5-10-18/h6-8,11,16H,3-5,9-10,12H2,1-2H3,(H,20,24)(H,22,23). The maximum atomic E-state index is 13.5. The van der Waals surface area contributed by atoms with E-state index in [1.165, 1.54) is 12.1 Å². The quantitative estimate of drug-likeness (QED) is 0.838. The van der Waals surface area contributed by atoms with Gasteiger partial charge in [-0.1, -0.05) is 31.4 Å². The zero-order valence-electron chi connectivity index (χ0n) is 14.2. The third-order valence-electron chi connectivity index (χ3n) is 4.62. The van der Waals surface area contributed by atoms with Crippen molar-refractivity contribution >= 4 is 11.9 Å². The Balaban J connectivity index is 2.23. The van der Waals surface area contributed by atoms with Crippen molar-refractivity contribution in [3.05, 3.63) is 35.6 Å². The number of amides is 1. The lowest BCUT2D eigenvalue weighted by atomic mass is 9.79. The summed E-state index contributed by atoms with van der Waals surface area (Å²) in [4.78, 5) is 25.9. The number of carbonyl (C=O) groups excluding carboxylic acids is 1. The Bertz CT molecular complexity index is 598. The molecule has 24 heavy (non-hydrogen) atoms. The van der Waals surface area contributed by atoms with Crippen molar-refractivity contribution in [1.82, 2.24) is 10.2 Å². The van der Waals surface area contributed by atoms with Gasteiger partial charge in [-0.25, -0.2) is 4.39 Å². The van der Waals surface area contributed by atoms with E-state index in [1.807, 2.05) is 0 Å². The van der Waals surface area contributed by atoms with Crippen LogP contribution in [0, 0.1) is 5.82 Å². The van der Waals surface area contributed by atoms with E-state index < -0.39 is 23.4 Å². The first-order valence-corrected chi connectivity index (χ1v) is 8.29. The zero-order valence-corrected chi connectivity index (χ0v) is 14.2. The van der Waals surface area contributed by atoms with Gasteiger partial charge in [-0.2, -0.15) is 0 Å². The molecule has 1 aromatic carbocycles. The minimum Gasteiger partial charge on any atom is -0.481 e. The summed E-state index contributed by atoms with van der Waals surface area (Å²) < 4.78 is 13.5. The maximum Gasteiger partial charge on any atom is 0.305 e. The number of nitrogens with zero attached hydrogens (tertiary/aromatic N) is 1. The van der Waals surface area contributed by atoms with Crippen LogP contribution in [0.15, 0.2) is 24.3 Å². The molecule has 1 aromatic rings. The van der Waals surface area contributed by atoms with Gasteiger partial charge in [0.2, 0.25) is 5.91 Å². The Morgan fingerprint density at radius 3 is 2.50 bits per heavy atom. The van der Waals surface area contributed by atoms with E-state index in [0.717, 1.165) is 19.3 Å². The number of hydrogen-bond acceptors (Lipinski definition) is 3. The maximum absolute atomic E-state index is 13.5. The van der Waals surface area contributed by atoms with Gasteiger partial charge in [-0.15, -0.1) is 0 Å². The Hall–Kier alpha value is -1.95. The largest absolute Gasteiger partial charge is 0.481 e. The van der Waals surface area contributed by atoms with Gasteiger partial charge in [0.25, 0.3) is 0 Å². The molecule has 2 rings (SSSR count). The van der Waals surface area contributed by atoms with Crippen LogP contribution in [-0.4, -0.2) is 41.5 Å². The van der Waals surface area contributed by atoms with Crippen molar-refractivity contribution in [1.29, 1.82) is 0 Å². The molecule has 132 valence electrons. The van der Waals surface area contributed by atoms with E-state index in [4.69, 9.17) is 0 Å². The first-order valence-electron chi connectivity index (χ1n) is 8.29. The first-order chi connectivity index (χ1) is 11.3. The lowest BCUT2D eigenvalue weighted by molar-refractivity contribution is -0.140. The van der Waals surface area contributed by atoms with Crippen LogP contribution in [0.25, 0.3) is 0 Å². The molecule has 1 aliphatic rings. The number of carbonyl (C=O) groups is 2. The highest BCUT2D eigenvalue weighted by Gasteiger charge is 2.38. The second kappa shape index (κ2) is 7.75. The highest BCUT2D eigenvalue weighted by molar-refractivity contribution is 5.84. The lowest BCUT2D eigenvalue weighted by Crippen LogP contribution is -2.53. The van der Waals surface area contributed by atoms with Crippen molar-refractivity contribution in [3.8, 4) is 0 Å². The summed E-state index contributed by atoms with van der Waals surface area (Å²) in [5.41, 5.74) is -0.151. The van der Waals surface area contributed by atoms with E-state index in [9.17, 15) is 19.1 Å². The van der Waals surface area contributed by atoms with Crippen molar-refractivity contribution in [2.45, 2.75) is 50.1 Å². The van der Waals surface area contributed by atoms with Crippen LogP contribution in [0.4, 0.5) is 4.39 Å². The average molecular weight is 336 g/mol.